The molecule has 35 heavy (non-hydrogen) atoms. The highest BCUT2D eigenvalue weighted by atomic mass is 32.2. The average Bonchev–Trinajstić information content (AvgIpc) is 3.35. The molecule has 0 bridgehead atoms. The molecule has 0 aliphatic carbocycles. The van der Waals surface area contributed by atoms with E-state index < -0.39 is 10.0 Å². The quantitative estimate of drug-likeness (QED) is 0.519. The van der Waals surface area contributed by atoms with Crippen molar-refractivity contribution in [2.75, 3.05) is 44.2 Å². The van der Waals surface area contributed by atoms with Gasteiger partial charge in [-0.15, -0.1) is 0 Å². The lowest BCUT2D eigenvalue weighted by atomic mass is 10.2. The zero-order chi connectivity index (χ0) is 24.3. The van der Waals surface area contributed by atoms with Crippen LogP contribution in [0.2, 0.25) is 0 Å². The van der Waals surface area contributed by atoms with Gasteiger partial charge in [0.15, 0.2) is 0 Å². The molecule has 5 rings (SSSR count). The first-order valence-electron chi connectivity index (χ1n) is 12.1. The SMILES string of the molecule is N#Cc1nc(-c2ccc(S(=O)(=O)N3CCCCC3)cc2)oc1N1CCN(Cc2ccccc2)CC1. The van der Waals surface area contributed by atoms with E-state index in [2.05, 4.69) is 45.1 Å². The lowest BCUT2D eigenvalue weighted by molar-refractivity contribution is 0.246. The summed E-state index contributed by atoms with van der Waals surface area (Å²) in [6.07, 6.45) is 2.86. The van der Waals surface area contributed by atoms with E-state index in [9.17, 15) is 13.7 Å². The summed E-state index contributed by atoms with van der Waals surface area (Å²) in [4.78, 5) is 9.12. The molecular formula is C26H29N5O3S. The Bertz CT molecular complexity index is 1290. The number of hydrogen-bond donors (Lipinski definition) is 0. The normalized spacial score (nSPS) is 17.9. The van der Waals surface area contributed by atoms with Crippen LogP contribution in [0.5, 0.6) is 0 Å². The first-order chi connectivity index (χ1) is 17.0. The maximum absolute atomic E-state index is 12.9. The second-order valence-electron chi connectivity index (χ2n) is 9.02. The number of aromatic nitrogens is 1. The van der Waals surface area contributed by atoms with E-state index in [4.69, 9.17) is 4.42 Å². The summed E-state index contributed by atoms with van der Waals surface area (Å²) in [6.45, 7) is 5.23. The molecule has 2 fully saturated rings. The number of benzene rings is 2. The Morgan fingerprint density at radius 3 is 2.23 bits per heavy atom. The number of anilines is 1. The van der Waals surface area contributed by atoms with Gasteiger partial charge in [-0.05, 0) is 42.7 Å². The fraction of sp³-hybridized carbons (Fsp3) is 0.385. The standard InChI is InChI=1S/C26H29N5O3S/c27-19-24-26(30-17-15-29(16-18-30)20-21-7-3-1-4-8-21)34-25(28-24)22-9-11-23(12-10-22)35(32,33)31-13-5-2-6-14-31/h1,3-4,7-12H,2,5-6,13-18,20H2. The highest BCUT2D eigenvalue weighted by molar-refractivity contribution is 7.89. The van der Waals surface area contributed by atoms with Gasteiger partial charge in [0, 0.05) is 51.4 Å². The van der Waals surface area contributed by atoms with Gasteiger partial charge in [-0.1, -0.05) is 36.8 Å². The van der Waals surface area contributed by atoms with Crippen molar-refractivity contribution in [3.8, 4) is 17.5 Å². The van der Waals surface area contributed by atoms with Crippen LogP contribution in [0.3, 0.4) is 0 Å². The Hall–Kier alpha value is -3.19. The molecule has 0 atom stereocenters. The molecule has 1 aromatic heterocycles. The van der Waals surface area contributed by atoms with E-state index >= 15 is 0 Å². The van der Waals surface area contributed by atoms with Crippen molar-refractivity contribution < 1.29 is 12.8 Å². The zero-order valence-corrected chi connectivity index (χ0v) is 20.5. The maximum Gasteiger partial charge on any atom is 0.243 e. The highest BCUT2D eigenvalue weighted by Crippen LogP contribution is 2.30. The molecular weight excluding hydrogens is 462 g/mol. The number of hydrogen-bond acceptors (Lipinski definition) is 7. The van der Waals surface area contributed by atoms with Gasteiger partial charge in [0.2, 0.25) is 27.5 Å². The summed E-state index contributed by atoms with van der Waals surface area (Å²) in [6, 6.07) is 19.1. The van der Waals surface area contributed by atoms with Crippen LogP contribution in [0.25, 0.3) is 11.5 Å². The van der Waals surface area contributed by atoms with Crippen molar-refractivity contribution >= 4 is 15.9 Å². The molecule has 0 spiro atoms. The first kappa shape index (κ1) is 23.5. The van der Waals surface area contributed by atoms with Gasteiger partial charge in [-0.3, -0.25) is 4.90 Å². The van der Waals surface area contributed by atoms with Crippen molar-refractivity contribution in [3.63, 3.8) is 0 Å². The average molecular weight is 492 g/mol. The largest absolute Gasteiger partial charge is 0.419 e. The molecule has 3 heterocycles. The minimum absolute atomic E-state index is 0.251. The number of nitrogens with zero attached hydrogens (tertiary/aromatic N) is 5. The molecule has 0 N–H and O–H groups in total. The lowest BCUT2D eigenvalue weighted by Crippen LogP contribution is -2.46. The second kappa shape index (κ2) is 10.2. The Labute approximate surface area is 206 Å². The molecule has 0 amide bonds. The van der Waals surface area contributed by atoms with Crippen molar-refractivity contribution in [1.29, 1.82) is 5.26 Å². The van der Waals surface area contributed by atoms with Gasteiger partial charge in [-0.25, -0.2) is 8.42 Å². The van der Waals surface area contributed by atoms with Crippen LogP contribution >= 0.6 is 0 Å². The Balaban J connectivity index is 1.28. The third-order valence-electron chi connectivity index (χ3n) is 6.68. The van der Waals surface area contributed by atoms with Gasteiger partial charge >= 0.3 is 0 Å². The van der Waals surface area contributed by atoms with Crippen molar-refractivity contribution in [1.82, 2.24) is 14.2 Å². The minimum Gasteiger partial charge on any atom is -0.419 e. The van der Waals surface area contributed by atoms with E-state index in [1.54, 1.807) is 28.6 Å². The highest BCUT2D eigenvalue weighted by Gasteiger charge is 2.27. The summed E-state index contributed by atoms with van der Waals surface area (Å²) in [5.74, 6) is 0.803. The van der Waals surface area contributed by atoms with Gasteiger partial charge in [0.05, 0.1) is 4.90 Å². The fourth-order valence-corrected chi connectivity index (χ4v) is 6.21. The van der Waals surface area contributed by atoms with E-state index in [1.807, 2.05) is 6.07 Å². The Kier molecular flexibility index (Phi) is 6.86. The number of piperidine rings is 1. The smallest absolute Gasteiger partial charge is 0.243 e. The molecule has 3 aromatic rings. The first-order valence-corrected chi connectivity index (χ1v) is 13.5. The van der Waals surface area contributed by atoms with Crippen LogP contribution in [0.15, 0.2) is 63.9 Å². The number of rotatable bonds is 6. The molecule has 0 unspecified atom stereocenters. The van der Waals surface area contributed by atoms with Crippen molar-refractivity contribution in [2.24, 2.45) is 0 Å². The summed E-state index contributed by atoms with van der Waals surface area (Å²) in [7, 11) is -3.50. The minimum atomic E-state index is -3.50. The topological polar surface area (TPSA) is 93.7 Å². The van der Waals surface area contributed by atoms with Crippen molar-refractivity contribution in [2.45, 2.75) is 30.7 Å². The van der Waals surface area contributed by atoms with Crippen LogP contribution < -0.4 is 4.90 Å². The summed E-state index contributed by atoms with van der Waals surface area (Å²) >= 11 is 0. The number of piperazine rings is 1. The molecule has 9 heteroatoms. The molecule has 2 saturated heterocycles. The van der Waals surface area contributed by atoms with Crippen LogP contribution in [0.4, 0.5) is 5.88 Å². The lowest BCUT2D eigenvalue weighted by Gasteiger charge is -2.34. The molecule has 2 aliphatic rings. The van der Waals surface area contributed by atoms with Crippen LogP contribution in [0, 0.1) is 11.3 Å². The monoisotopic (exact) mass is 491 g/mol. The predicted octanol–water partition coefficient (Wildman–Crippen LogP) is 3.71. The summed E-state index contributed by atoms with van der Waals surface area (Å²) in [5, 5.41) is 9.66. The second-order valence-corrected chi connectivity index (χ2v) is 11.0. The summed E-state index contributed by atoms with van der Waals surface area (Å²) in [5.41, 5.74) is 2.18. The van der Waals surface area contributed by atoms with E-state index in [0.717, 1.165) is 52.0 Å². The molecule has 8 nitrogen and oxygen atoms in total. The third-order valence-corrected chi connectivity index (χ3v) is 8.59. The zero-order valence-electron chi connectivity index (χ0n) is 19.6. The Morgan fingerprint density at radius 1 is 0.886 bits per heavy atom. The molecule has 2 aromatic carbocycles. The van der Waals surface area contributed by atoms with E-state index in [0.29, 0.717) is 30.4 Å². The predicted molar refractivity (Wildman–Crippen MR) is 133 cm³/mol. The van der Waals surface area contributed by atoms with Gasteiger partial charge < -0.3 is 9.32 Å². The van der Waals surface area contributed by atoms with Crippen molar-refractivity contribution in [3.05, 3.63) is 65.9 Å². The van der Waals surface area contributed by atoms with Gasteiger partial charge in [-0.2, -0.15) is 14.6 Å². The Morgan fingerprint density at radius 2 is 1.57 bits per heavy atom. The summed E-state index contributed by atoms with van der Waals surface area (Å²) < 4.78 is 33.4. The van der Waals surface area contributed by atoms with Crippen LogP contribution in [-0.2, 0) is 16.6 Å². The molecule has 182 valence electrons. The maximum atomic E-state index is 12.9. The molecule has 2 aliphatic heterocycles. The molecule has 0 saturated carbocycles. The van der Waals surface area contributed by atoms with Gasteiger partial charge in [0.25, 0.3) is 0 Å². The van der Waals surface area contributed by atoms with Gasteiger partial charge in [0.1, 0.15) is 6.07 Å². The van der Waals surface area contributed by atoms with E-state index in [1.165, 1.54) is 5.56 Å². The fourth-order valence-electron chi connectivity index (χ4n) is 4.70. The van der Waals surface area contributed by atoms with Crippen LogP contribution in [0.1, 0.15) is 30.5 Å². The van der Waals surface area contributed by atoms with E-state index in [-0.39, 0.29) is 10.6 Å². The number of oxazole rings is 1. The number of sulfonamides is 1. The number of nitriles is 1. The molecule has 0 radical (unpaired) electrons. The third kappa shape index (κ3) is 5.10. The van der Waals surface area contributed by atoms with Crippen LogP contribution in [-0.4, -0.2) is 61.9 Å².